The van der Waals surface area contributed by atoms with Gasteiger partial charge in [-0.2, -0.15) is 0 Å². The van der Waals surface area contributed by atoms with E-state index in [0.29, 0.717) is 25.9 Å². The van der Waals surface area contributed by atoms with Crippen molar-refractivity contribution in [2.75, 3.05) is 13.1 Å². The van der Waals surface area contributed by atoms with Crippen LogP contribution >= 0.6 is 0 Å². The van der Waals surface area contributed by atoms with Crippen molar-refractivity contribution in [3.63, 3.8) is 0 Å². The van der Waals surface area contributed by atoms with Crippen LogP contribution in [0.25, 0.3) is 0 Å². The molecule has 27 heavy (non-hydrogen) atoms. The molecule has 1 N–H and O–H groups in total. The van der Waals surface area contributed by atoms with Crippen LogP contribution in [-0.4, -0.2) is 44.1 Å². The number of rotatable bonds is 6. The third kappa shape index (κ3) is 6.14. The van der Waals surface area contributed by atoms with Crippen LogP contribution in [0.15, 0.2) is 29.2 Å². The van der Waals surface area contributed by atoms with E-state index in [4.69, 9.17) is 0 Å². The van der Waals surface area contributed by atoms with Crippen molar-refractivity contribution < 1.29 is 18.0 Å². The summed E-state index contributed by atoms with van der Waals surface area (Å²) in [5.41, 5.74) is 1.05. The van der Waals surface area contributed by atoms with Crippen LogP contribution in [0.4, 0.5) is 0 Å². The van der Waals surface area contributed by atoms with Gasteiger partial charge in [0.2, 0.25) is 15.9 Å². The zero-order valence-corrected chi connectivity index (χ0v) is 17.4. The summed E-state index contributed by atoms with van der Waals surface area (Å²) in [5, 5.41) is 0. The molecule has 0 spiro atoms. The molecule has 6 nitrogen and oxygen atoms in total. The highest BCUT2D eigenvalue weighted by atomic mass is 32.2. The molecule has 2 rings (SSSR count). The quantitative estimate of drug-likeness (QED) is 0.804. The first-order valence-electron chi connectivity index (χ1n) is 9.39. The lowest BCUT2D eigenvalue weighted by molar-refractivity contribution is -0.133. The highest BCUT2D eigenvalue weighted by Crippen LogP contribution is 2.24. The molecule has 0 saturated carbocycles. The highest BCUT2D eigenvalue weighted by Gasteiger charge is 2.27. The summed E-state index contributed by atoms with van der Waals surface area (Å²) in [6.45, 7) is 8.74. The maximum atomic E-state index is 12.6. The van der Waals surface area contributed by atoms with Gasteiger partial charge in [-0.25, -0.2) is 13.1 Å². The van der Waals surface area contributed by atoms with Crippen molar-refractivity contribution in [3.8, 4) is 0 Å². The molecule has 1 amide bonds. The highest BCUT2D eigenvalue weighted by molar-refractivity contribution is 7.89. The van der Waals surface area contributed by atoms with Crippen molar-refractivity contribution in [3.05, 3.63) is 29.8 Å². The molecule has 1 aromatic carbocycles. The average molecular weight is 395 g/mol. The second kappa shape index (κ2) is 8.52. The molecule has 150 valence electrons. The lowest BCUT2D eigenvalue weighted by Crippen LogP contribution is -2.46. The molecular weight excluding hydrogens is 364 g/mol. The van der Waals surface area contributed by atoms with Crippen molar-refractivity contribution in [1.82, 2.24) is 9.62 Å². The lowest BCUT2D eigenvalue weighted by Gasteiger charge is -2.32. The van der Waals surface area contributed by atoms with E-state index < -0.39 is 10.0 Å². The molecule has 1 aromatic rings. The van der Waals surface area contributed by atoms with Crippen molar-refractivity contribution in [2.24, 2.45) is 0 Å². The van der Waals surface area contributed by atoms with E-state index in [1.807, 2.05) is 12.1 Å². The maximum absolute atomic E-state index is 12.6. The number of hydrogen-bond acceptors (Lipinski definition) is 4. The summed E-state index contributed by atoms with van der Waals surface area (Å²) in [6, 6.07) is 6.80. The summed E-state index contributed by atoms with van der Waals surface area (Å²) in [5.74, 6) is -0.0345. The van der Waals surface area contributed by atoms with Gasteiger partial charge in [-0.3, -0.25) is 4.79 Å². The van der Waals surface area contributed by atoms with Crippen LogP contribution in [0.1, 0.15) is 58.9 Å². The zero-order valence-electron chi connectivity index (χ0n) is 16.6. The number of carbonyl (C=O) groups excluding carboxylic acids is 2. The fraction of sp³-hybridized carbons (Fsp3) is 0.600. The summed E-state index contributed by atoms with van der Waals surface area (Å²) in [7, 11) is -3.58. The van der Waals surface area contributed by atoms with Gasteiger partial charge in [-0.05, 0) is 42.9 Å². The number of sulfonamides is 1. The van der Waals surface area contributed by atoms with E-state index in [0.717, 1.165) is 5.56 Å². The second-order valence-electron chi connectivity index (χ2n) is 8.25. The van der Waals surface area contributed by atoms with Crippen LogP contribution < -0.4 is 4.72 Å². The molecule has 0 radical (unpaired) electrons. The van der Waals surface area contributed by atoms with Gasteiger partial charge in [0.1, 0.15) is 5.78 Å². The SMILES string of the molecule is CC(=O)CCC(=O)N1CCC(NS(=O)(=O)c2ccc(C(C)(C)C)cc2)CC1. The van der Waals surface area contributed by atoms with Gasteiger partial charge < -0.3 is 9.69 Å². The van der Waals surface area contributed by atoms with Crippen LogP contribution in [0.5, 0.6) is 0 Å². The fourth-order valence-corrected chi connectivity index (χ4v) is 4.41. The normalized spacial score (nSPS) is 16.4. The second-order valence-corrected chi connectivity index (χ2v) is 9.97. The Hall–Kier alpha value is -1.73. The van der Waals surface area contributed by atoms with Gasteiger partial charge in [0.05, 0.1) is 4.90 Å². The molecule has 0 aliphatic carbocycles. The number of ketones is 1. The first-order chi connectivity index (χ1) is 12.5. The molecule has 0 atom stereocenters. The molecule has 1 aliphatic rings. The van der Waals surface area contributed by atoms with E-state index in [1.54, 1.807) is 17.0 Å². The largest absolute Gasteiger partial charge is 0.343 e. The van der Waals surface area contributed by atoms with E-state index in [1.165, 1.54) is 6.92 Å². The Balaban J connectivity index is 1.92. The third-order valence-corrected chi connectivity index (χ3v) is 6.43. The van der Waals surface area contributed by atoms with Gasteiger partial charge in [-0.15, -0.1) is 0 Å². The Kier molecular flexibility index (Phi) is 6.81. The van der Waals surface area contributed by atoms with Gasteiger partial charge in [-0.1, -0.05) is 32.9 Å². The number of amides is 1. The molecule has 0 bridgehead atoms. The zero-order chi connectivity index (χ0) is 20.2. The number of carbonyl (C=O) groups is 2. The summed E-state index contributed by atoms with van der Waals surface area (Å²) in [4.78, 5) is 25.0. The predicted octanol–water partition coefficient (Wildman–Crippen LogP) is 2.62. The Labute approximate surface area is 162 Å². The number of benzene rings is 1. The van der Waals surface area contributed by atoms with E-state index in [2.05, 4.69) is 25.5 Å². The lowest BCUT2D eigenvalue weighted by atomic mass is 9.87. The fourth-order valence-electron chi connectivity index (χ4n) is 3.11. The number of nitrogens with zero attached hydrogens (tertiary/aromatic N) is 1. The molecule has 1 heterocycles. The summed E-state index contributed by atoms with van der Waals surface area (Å²) in [6.07, 6.45) is 1.64. The maximum Gasteiger partial charge on any atom is 0.240 e. The summed E-state index contributed by atoms with van der Waals surface area (Å²) >= 11 is 0. The van der Waals surface area contributed by atoms with Gasteiger partial charge in [0.15, 0.2) is 0 Å². The number of Topliss-reactive ketones (excluding diaryl/α,β-unsaturated/α-hetero) is 1. The smallest absolute Gasteiger partial charge is 0.240 e. The molecule has 0 unspecified atom stereocenters. The molecular formula is C20H30N2O4S. The topological polar surface area (TPSA) is 83.6 Å². The molecule has 7 heteroatoms. The number of likely N-dealkylation sites (tertiary alicyclic amines) is 1. The Morgan fingerprint density at radius 1 is 1.07 bits per heavy atom. The Morgan fingerprint density at radius 3 is 2.11 bits per heavy atom. The number of piperidine rings is 1. The monoisotopic (exact) mass is 394 g/mol. The minimum absolute atomic E-state index is 0.00322. The van der Waals surface area contributed by atoms with E-state index >= 15 is 0 Å². The number of hydrogen-bond donors (Lipinski definition) is 1. The van der Waals surface area contributed by atoms with Crippen LogP contribution in [0.2, 0.25) is 0 Å². The van der Waals surface area contributed by atoms with Crippen LogP contribution in [0, 0.1) is 0 Å². The molecule has 1 fully saturated rings. The predicted molar refractivity (Wildman–Crippen MR) is 105 cm³/mol. The van der Waals surface area contributed by atoms with Crippen molar-refractivity contribution >= 4 is 21.7 Å². The van der Waals surface area contributed by atoms with E-state index in [-0.39, 0.29) is 40.9 Å². The third-order valence-electron chi connectivity index (χ3n) is 4.89. The molecule has 0 aromatic heterocycles. The Bertz CT molecular complexity index is 771. The van der Waals surface area contributed by atoms with Crippen molar-refractivity contribution in [2.45, 2.75) is 69.7 Å². The first kappa shape index (κ1) is 21.6. The van der Waals surface area contributed by atoms with Gasteiger partial charge >= 0.3 is 0 Å². The Morgan fingerprint density at radius 2 is 1.63 bits per heavy atom. The van der Waals surface area contributed by atoms with Crippen molar-refractivity contribution in [1.29, 1.82) is 0 Å². The standard InChI is InChI=1S/C20H30N2O4S/c1-15(23)5-10-19(24)22-13-11-17(12-14-22)21-27(25,26)18-8-6-16(7-9-18)20(2,3)4/h6-9,17,21H,5,10-14H2,1-4H3. The summed E-state index contributed by atoms with van der Waals surface area (Å²) < 4.78 is 28.0. The van der Waals surface area contributed by atoms with Crippen LogP contribution in [-0.2, 0) is 25.0 Å². The minimum atomic E-state index is -3.58. The van der Waals surface area contributed by atoms with Crippen LogP contribution in [0.3, 0.4) is 0 Å². The van der Waals surface area contributed by atoms with E-state index in [9.17, 15) is 18.0 Å². The number of nitrogens with one attached hydrogen (secondary N) is 1. The van der Waals surface area contributed by atoms with Gasteiger partial charge in [0.25, 0.3) is 0 Å². The average Bonchev–Trinajstić information content (AvgIpc) is 2.59. The van der Waals surface area contributed by atoms with Gasteiger partial charge in [0, 0.05) is 32.0 Å². The minimum Gasteiger partial charge on any atom is -0.343 e. The molecule has 1 aliphatic heterocycles. The molecule has 1 saturated heterocycles. The first-order valence-corrected chi connectivity index (χ1v) is 10.9.